The van der Waals surface area contributed by atoms with Crippen molar-refractivity contribution in [3.8, 4) is 11.5 Å². The second kappa shape index (κ2) is 6.53. The number of ether oxygens (including phenoxy) is 2. The minimum Gasteiger partial charge on any atom is -0.497 e. The molecule has 0 aliphatic carbocycles. The number of halogens is 2. The molecule has 0 spiro atoms. The Morgan fingerprint density at radius 3 is 2.41 bits per heavy atom. The lowest BCUT2D eigenvalue weighted by Gasteiger charge is -2.13. The summed E-state index contributed by atoms with van der Waals surface area (Å²) in [7, 11) is -1.24. The maximum absolute atomic E-state index is 13.9. The van der Waals surface area contributed by atoms with E-state index in [2.05, 4.69) is 20.7 Å². The van der Waals surface area contributed by atoms with Crippen molar-refractivity contribution in [2.45, 2.75) is 4.90 Å². The van der Waals surface area contributed by atoms with Gasteiger partial charge >= 0.3 is 0 Å². The van der Waals surface area contributed by atoms with E-state index in [4.69, 9.17) is 9.47 Å². The molecule has 22 heavy (non-hydrogen) atoms. The smallest absolute Gasteiger partial charge is 0.264 e. The molecule has 0 saturated carbocycles. The summed E-state index contributed by atoms with van der Waals surface area (Å²) in [6, 6.07) is 8.32. The molecule has 118 valence electrons. The summed E-state index contributed by atoms with van der Waals surface area (Å²) >= 11 is 3.08. The van der Waals surface area contributed by atoms with Crippen molar-refractivity contribution in [3.05, 3.63) is 46.7 Å². The lowest BCUT2D eigenvalue weighted by molar-refractivity contribution is 0.405. The zero-order valence-electron chi connectivity index (χ0n) is 11.8. The van der Waals surface area contributed by atoms with Gasteiger partial charge in [-0.25, -0.2) is 12.8 Å². The van der Waals surface area contributed by atoms with Gasteiger partial charge in [-0.2, -0.15) is 0 Å². The number of sulfonamides is 1. The van der Waals surface area contributed by atoms with Gasteiger partial charge in [-0.15, -0.1) is 0 Å². The molecular formula is C14H13BrFNO4S. The highest BCUT2D eigenvalue weighted by molar-refractivity contribution is 9.10. The number of anilines is 1. The molecule has 0 heterocycles. The summed E-state index contributed by atoms with van der Waals surface area (Å²) in [6.45, 7) is 0. The minimum atomic E-state index is -4.10. The molecule has 2 rings (SSSR count). The minimum absolute atomic E-state index is 0.157. The van der Waals surface area contributed by atoms with Crippen molar-refractivity contribution >= 4 is 31.6 Å². The topological polar surface area (TPSA) is 64.6 Å². The number of benzene rings is 2. The second-order valence-corrected chi connectivity index (χ2v) is 6.81. The Balaban J connectivity index is 2.44. The predicted octanol–water partition coefficient (Wildman–Crippen LogP) is 3.41. The van der Waals surface area contributed by atoms with Crippen LogP contribution in [0.25, 0.3) is 0 Å². The molecule has 0 aromatic heterocycles. The van der Waals surface area contributed by atoms with Crippen molar-refractivity contribution in [2.75, 3.05) is 18.9 Å². The quantitative estimate of drug-likeness (QED) is 0.850. The Morgan fingerprint density at radius 1 is 1.09 bits per heavy atom. The van der Waals surface area contributed by atoms with Crippen molar-refractivity contribution in [1.82, 2.24) is 0 Å². The number of rotatable bonds is 5. The van der Waals surface area contributed by atoms with Crippen molar-refractivity contribution in [2.24, 2.45) is 0 Å². The van der Waals surface area contributed by atoms with Gasteiger partial charge in [0.2, 0.25) is 0 Å². The van der Waals surface area contributed by atoms with Crippen LogP contribution in [-0.4, -0.2) is 22.6 Å². The SMILES string of the molecule is COc1ccc(OC)c(NS(=O)(=O)c2ccc(Br)cc2F)c1. The average Bonchev–Trinajstić information content (AvgIpc) is 2.46. The molecule has 0 amide bonds. The van der Waals surface area contributed by atoms with Gasteiger partial charge in [0.15, 0.2) is 0 Å². The van der Waals surface area contributed by atoms with E-state index in [1.54, 1.807) is 12.1 Å². The van der Waals surface area contributed by atoms with Crippen molar-refractivity contribution < 1.29 is 22.3 Å². The first-order chi connectivity index (χ1) is 10.4. The van der Waals surface area contributed by atoms with Gasteiger partial charge in [0.25, 0.3) is 10.0 Å². The molecule has 0 saturated heterocycles. The van der Waals surface area contributed by atoms with Crippen LogP contribution in [0.15, 0.2) is 45.8 Å². The maximum atomic E-state index is 13.9. The molecule has 8 heteroatoms. The van der Waals surface area contributed by atoms with Crippen LogP contribution in [-0.2, 0) is 10.0 Å². The van der Waals surface area contributed by atoms with Crippen LogP contribution in [0.4, 0.5) is 10.1 Å². The lowest BCUT2D eigenvalue weighted by atomic mass is 10.3. The Morgan fingerprint density at radius 2 is 1.82 bits per heavy atom. The number of methoxy groups -OCH3 is 2. The first kappa shape index (κ1) is 16.6. The second-order valence-electron chi connectivity index (χ2n) is 4.25. The molecule has 0 fully saturated rings. The van der Waals surface area contributed by atoms with E-state index in [9.17, 15) is 12.8 Å². The first-order valence-corrected chi connectivity index (χ1v) is 8.35. The molecule has 2 aromatic carbocycles. The number of nitrogens with one attached hydrogen (secondary N) is 1. The Hall–Kier alpha value is -1.80. The van der Waals surface area contributed by atoms with E-state index in [0.29, 0.717) is 16.0 Å². The van der Waals surface area contributed by atoms with Gasteiger partial charge in [0.1, 0.15) is 22.2 Å². The summed E-state index contributed by atoms with van der Waals surface area (Å²) in [6.07, 6.45) is 0. The monoisotopic (exact) mass is 389 g/mol. The molecule has 2 aromatic rings. The van der Waals surface area contributed by atoms with E-state index < -0.39 is 20.7 Å². The van der Waals surface area contributed by atoms with Crippen molar-refractivity contribution in [1.29, 1.82) is 0 Å². The van der Waals surface area contributed by atoms with E-state index in [1.165, 1.54) is 32.4 Å². The average molecular weight is 390 g/mol. The molecule has 0 unspecified atom stereocenters. The van der Waals surface area contributed by atoms with Gasteiger partial charge in [-0.3, -0.25) is 4.72 Å². The zero-order valence-corrected chi connectivity index (χ0v) is 14.2. The lowest BCUT2D eigenvalue weighted by Crippen LogP contribution is -2.15. The summed E-state index contributed by atoms with van der Waals surface area (Å²) in [4.78, 5) is -0.458. The van der Waals surface area contributed by atoms with Crippen LogP contribution in [0.3, 0.4) is 0 Å². The highest BCUT2D eigenvalue weighted by Gasteiger charge is 2.21. The van der Waals surface area contributed by atoms with Crippen LogP contribution in [0.1, 0.15) is 0 Å². The standard InChI is InChI=1S/C14H13BrFNO4S/c1-20-10-4-5-13(21-2)12(8-10)17-22(18,19)14-6-3-9(15)7-11(14)16/h3-8,17H,1-2H3. The molecule has 0 radical (unpaired) electrons. The van der Waals surface area contributed by atoms with Crippen LogP contribution < -0.4 is 14.2 Å². The third kappa shape index (κ3) is 3.50. The van der Waals surface area contributed by atoms with E-state index >= 15 is 0 Å². The van der Waals surface area contributed by atoms with Crippen molar-refractivity contribution in [3.63, 3.8) is 0 Å². The number of hydrogen-bond acceptors (Lipinski definition) is 4. The van der Waals surface area contributed by atoms with Crippen LogP contribution in [0.2, 0.25) is 0 Å². The van der Waals surface area contributed by atoms with Gasteiger partial charge in [-0.1, -0.05) is 15.9 Å². The van der Waals surface area contributed by atoms with Gasteiger partial charge in [0, 0.05) is 10.5 Å². The summed E-state index contributed by atoms with van der Waals surface area (Å²) in [5, 5.41) is 0. The fourth-order valence-electron chi connectivity index (χ4n) is 1.79. The van der Waals surface area contributed by atoms with E-state index in [-0.39, 0.29) is 5.69 Å². The van der Waals surface area contributed by atoms with E-state index in [1.807, 2.05) is 0 Å². The van der Waals surface area contributed by atoms with Gasteiger partial charge in [-0.05, 0) is 30.3 Å². The Kier molecular flexibility index (Phi) is 4.92. The fraction of sp³-hybridized carbons (Fsp3) is 0.143. The highest BCUT2D eigenvalue weighted by Crippen LogP contribution is 2.31. The molecule has 0 aliphatic heterocycles. The molecule has 5 nitrogen and oxygen atoms in total. The Labute approximate surface area is 136 Å². The van der Waals surface area contributed by atoms with Crippen LogP contribution >= 0.6 is 15.9 Å². The first-order valence-electron chi connectivity index (χ1n) is 6.07. The summed E-state index contributed by atoms with van der Waals surface area (Å²) in [5.74, 6) is -0.125. The number of hydrogen-bond donors (Lipinski definition) is 1. The van der Waals surface area contributed by atoms with Gasteiger partial charge < -0.3 is 9.47 Å². The molecule has 0 aliphatic rings. The summed E-state index contributed by atoms with van der Waals surface area (Å²) in [5.41, 5.74) is 0.157. The van der Waals surface area contributed by atoms with E-state index in [0.717, 1.165) is 6.07 Å². The van der Waals surface area contributed by atoms with Crippen LogP contribution in [0, 0.1) is 5.82 Å². The largest absolute Gasteiger partial charge is 0.497 e. The van der Waals surface area contributed by atoms with Crippen LogP contribution in [0.5, 0.6) is 11.5 Å². The zero-order chi connectivity index (χ0) is 16.3. The molecular weight excluding hydrogens is 377 g/mol. The normalized spacial score (nSPS) is 11.1. The van der Waals surface area contributed by atoms with Gasteiger partial charge in [0.05, 0.1) is 19.9 Å². The predicted molar refractivity (Wildman–Crippen MR) is 84.5 cm³/mol. The Bertz CT molecular complexity index is 795. The third-order valence-corrected chi connectivity index (χ3v) is 4.73. The maximum Gasteiger partial charge on any atom is 0.264 e. The summed E-state index contributed by atoms with van der Waals surface area (Å²) < 4.78 is 51.4. The highest BCUT2D eigenvalue weighted by atomic mass is 79.9. The third-order valence-electron chi connectivity index (χ3n) is 2.83. The molecule has 1 N–H and O–H groups in total. The fourth-order valence-corrected chi connectivity index (χ4v) is 3.24. The molecule has 0 atom stereocenters. The molecule has 0 bridgehead atoms.